The van der Waals surface area contributed by atoms with Crippen molar-refractivity contribution in [2.24, 2.45) is 0 Å². The summed E-state index contributed by atoms with van der Waals surface area (Å²) >= 11 is 12.2. The summed E-state index contributed by atoms with van der Waals surface area (Å²) in [6, 6.07) is 16.7. The van der Waals surface area contributed by atoms with Gasteiger partial charge in [0.05, 0.1) is 17.8 Å². The lowest BCUT2D eigenvalue weighted by Gasteiger charge is -2.08. The number of methoxy groups -OCH3 is 1. The molecule has 1 N–H and O–H groups in total. The van der Waals surface area contributed by atoms with Gasteiger partial charge in [0.15, 0.2) is 0 Å². The third-order valence-corrected chi connectivity index (χ3v) is 5.38. The molecule has 0 bridgehead atoms. The number of carbonyl (C=O) groups excluding carboxylic acids is 1. The van der Waals surface area contributed by atoms with Crippen molar-refractivity contribution in [1.82, 2.24) is 15.0 Å². The van der Waals surface area contributed by atoms with Crippen molar-refractivity contribution in [3.63, 3.8) is 0 Å². The number of ether oxygens (including phenoxy) is 1. The van der Waals surface area contributed by atoms with E-state index in [9.17, 15) is 4.79 Å². The van der Waals surface area contributed by atoms with Gasteiger partial charge in [-0.15, -0.1) is 10.2 Å². The van der Waals surface area contributed by atoms with Gasteiger partial charge in [-0.2, -0.15) is 4.80 Å². The highest BCUT2D eigenvalue weighted by Gasteiger charge is 2.09. The lowest BCUT2D eigenvalue weighted by Crippen LogP contribution is -2.07. The molecule has 0 aliphatic heterocycles. The number of fused-ring (bicyclic) bond motifs is 1. The highest BCUT2D eigenvalue weighted by atomic mass is 35.5. The third kappa shape index (κ3) is 4.77. The van der Waals surface area contributed by atoms with Crippen LogP contribution >= 0.6 is 23.2 Å². The number of anilines is 1. The maximum atomic E-state index is 12.4. The third-order valence-electron chi connectivity index (χ3n) is 4.88. The van der Waals surface area contributed by atoms with Gasteiger partial charge in [-0.25, -0.2) is 0 Å². The molecule has 1 amide bonds. The van der Waals surface area contributed by atoms with Crippen LogP contribution in [0.2, 0.25) is 10.0 Å². The van der Waals surface area contributed by atoms with Gasteiger partial charge in [-0.05, 0) is 60.5 Å². The second kappa shape index (κ2) is 9.42. The van der Waals surface area contributed by atoms with E-state index >= 15 is 0 Å². The van der Waals surface area contributed by atoms with Crippen molar-refractivity contribution in [2.45, 2.75) is 13.3 Å². The molecule has 3 aromatic carbocycles. The van der Waals surface area contributed by atoms with E-state index in [0.29, 0.717) is 32.6 Å². The second-order valence-corrected chi connectivity index (χ2v) is 7.89. The van der Waals surface area contributed by atoms with Crippen LogP contribution in [0.3, 0.4) is 0 Å². The molecule has 0 fully saturated rings. The van der Waals surface area contributed by atoms with Crippen LogP contribution in [0.15, 0.2) is 60.7 Å². The zero-order valence-electron chi connectivity index (χ0n) is 17.5. The molecule has 0 saturated heterocycles. The molecule has 4 aromatic rings. The normalized spacial score (nSPS) is 11.2. The monoisotopic (exact) mass is 466 g/mol. The Morgan fingerprint density at radius 2 is 1.81 bits per heavy atom. The average molecular weight is 467 g/mol. The highest BCUT2D eigenvalue weighted by molar-refractivity contribution is 6.36. The van der Waals surface area contributed by atoms with Gasteiger partial charge < -0.3 is 10.1 Å². The summed E-state index contributed by atoms with van der Waals surface area (Å²) < 4.78 is 5.29. The van der Waals surface area contributed by atoms with E-state index in [1.807, 2.05) is 18.2 Å². The lowest BCUT2D eigenvalue weighted by atomic mass is 10.2. The van der Waals surface area contributed by atoms with E-state index in [4.69, 9.17) is 27.9 Å². The number of aryl methyl sites for hydroxylation is 1. The number of hydrogen-bond acceptors (Lipinski definition) is 4. The second-order valence-electron chi connectivity index (χ2n) is 7.05. The minimum absolute atomic E-state index is 0.315. The summed E-state index contributed by atoms with van der Waals surface area (Å²) in [5.74, 6) is 0.134. The molecule has 8 heteroatoms. The molecule has 6 nitrogen and oxygen atoms in total. The van der Waals surface area contributed by atoms with Crippen molar-refractivity contribution in [2.75, 3.05) is 12.4 Å². The maximum Gasteiger partial charge on any atom is 0.248 e. The minimum atomic E-state index is -0.315. The van der Waals surface area contributed by atoms with Gasteiger partial charge in [-0.1, -0.05) is 42.3 Å². The first-order valence-electron chi connectivity index (χ1n) is 9.95. The highest BCUT2D eigenvalue weighted by Crippen LogP contribution is 2.33. The van der Waals surface area contributed by atoms with Crippen LogP contribution < -0.4 is 10.1 Å². The predicted octanol–water partition coefficient (Wildman–Crippen LogP) is 5.95. The van der Waals surface area contributed by atoms with Gasteiger partial charge in [0.2, 0.25) is 5.91 Å². The van der Waals surface area contributed by atoms with Crippen molar-refractivity contribution in [1.29, 1.82) is 0 Å². The Morgan fingerprint density at radius 3 is 2.53 bits per heavy atom. The van der Waals surface area contributed by atoms with Crippen LogP contribution in [0.4, 0.5) is 5.69 Å². The summed E-state index contributed by atoms with van der Waals surface area (Å²) in [7, 11) is 1.51. The standard InChI is InChI=1S/C24H20Cl2N4O2/c1-3-15-4-8-19(9-5-15)30-28-21-10-7-18(14-22(21)29-30)27-23(31)11-6-16-12-17(25)13-20(26)24(16)32-2/h4-14H,3H2,1-2H3,(H,27,31). The number of amides is 1. The molecule has 0 aliphatic carbocycles. The van der Waals surface area contributed by atoms with Crippen LogP contribution in [0.25, 0.3) is 22.8 Å². The Bertz CT molecular complexity index is 1310. The number of nitrogens with one attached hydrogen (secondary N) is 1. The van der Waals surface area contributed by atoms with Crippen molar-refractivity contribution in [3.8, 4) is 11.4 Å². The van der Waals surface area contributed by atoms with Gasteiger partial charge in [0, 0.05) is 22.3 Å². The molecule has 162 valence electrons. The molecule has 0 aliphatic rings. The Hall–Kier alpha value is -3.35. The van der Waals surface area contributed by atoms with Gasteiger partial charge >= 0.3 is 0 Å². The summed E-state index contributed by atoms with van der Waals surface area (Å²) in [6.45, 7) is 2.11. The summed E-state index contributed by atoms with van der Waals surface area (Å²) in [5.41, 5.74) is 4.75. The number of halogens is 2. The van der Waals surface area contributed by atoms with Gasteiger partial charge in [0.1, 0.15) is 16.8 Å². The zero-order chi connectivity index (χ0) is 22.7. The first-order chi connectivity index (χ1) is 15.5. The fourth-order valence-corrected chi connectivity index (χ4v) is 3.83. The quantitative estimate of drug-likeness (QED) is 0.356. The summed E-state index contributed by atoms with van der Waals surface area (Å²) in [4.78, 5) is 14.0. The van der Waals surface area contributed by atoms with E-state index in [-0.39, 0.29) is 5.91 Å². The smallest absolute Gasteiger partial charge is 0.248 e. The number of aromatic nitrogens is 3. The van der Waals surface area contributed by atoms with E-state index in [1.54, 1.807) is 35.1 Å². The topological polar surface area (TPSA) is 69.0 Å². The molecule has 0 unspecified atom stereocenters. The number of nitrogens with zero attached hydrogens (tertiary/aromatic N) is 3. The lowest BCUT2D eigenvalue weighted by molar-refractivity contribution is -0.111. The van der Waals surface area contributed by atoms with E-state index in [2.05, 4.69) is 34.6 Å². The van der Waals surface area contributed by atoms with Crippen LogP contribution in [0.5, 0.6) is 5.75 Å². The Morgan fingerprint density at radius 1 is 1.06 bits per heavy atom. The Kier molecular flexibility index (Phi) is 6.44. The van der Waals surface area contributed by atoms with Crippen LogP contribution in [0.1, 0.15) is 18.1 Å². The van der Waals surface area contributed by atoms with Crippen molar-refractivity contribution in [3.05, 3.63) is 81.8 Å². The largest absolute Gasteiger partial charge is 0.495 e. The molecular formula is C24H20Cl2N4O2. The predicted molar refractivity (Wildman–Crippen MR) is 129 cm³/mol. The Balaban J connectivity index is 1.52. The summed E-state index contributed by atoms with van der Waals surface area (Å²) in [5, 5.41) is 12.7. The first kappa shape index (κ1) is 21.9. The molecule has 1 heterocycles. The van der Waals surface area contributed by atoms with E-state index in [1.165, 1.54) is 18.7 Å². The van der Waals surface area contributed by atoms with E-state index < -0.39 is 0 Å². The van der Waals surface area contributed by atoms with Gasteiger partial charge in [0.25, 0.3) is 0 Å². The SMILES string of the molecule is CCc1ccc(-n2nc3ccc(NC(=O)C=Cc4cc(Cl)cc(Cl)c4OC)cc3n2)cc1. The molecule has 0 radical (unpaired) electrons. The molecule has 0 atom stereocenters. The number of rotatable bonds is 6. The molecule has 1 aromatic heterocycles. The van der Waals surface area contributed by atoms with Crippen LogP contribution in [-0.4, -0.2) is 28.0 Å². The molecular weight excluding hydrogens is 447 g/mol. The number of hydrogen-bond donors (Lipinski definition) is 1. The molecule has 32 heavy (non-hydrogen) atoms. The molecule has 0 spiro atoms. The zero-order valence-corrected chi connectivity index (χ0v) is 19.0. The average Bonchev–Trinajstić information content (AvgIpc) is 3.21. The van der Waals surface area contributed by atoms with Crippen LogP contribution in [-0.2, 0) is 11.2 Å². The van der Waals surface area contributed by atoms with E-state index in [0.717, 1.165) is 17.6 Å². The number of carbonyl (C=O) groups is 1. The first-order valence-corrected chi connectivity index (χ1v) is 10.7. The van der Waals surface area contributed by atoms with Gasteiger partial charge in [-0.3, -0.25) is 4.79 Å². The van der Waals surface area contributed by atoms with Crippen molar-refractivity contribution >= 4 is 51.9 Å². The molecule has 4 rings (SSSR count). The number of benzene rings is 3. The fraction of sp³-hybridized carbons (Fsp3) is 0.125. The van der Waals surface area contributed by atoms with Crippen LogP contribution in [0, 0.1) is 0 Å². The molecule has 0 saturated carbocycles. The summed E-state index contributed by atoms with van der Waals surface area (Å²) in [6.07, 6.45) is 3.96. The Labute approximate surface area is 195 Å². The minimum Gasteiger partial charge on any atom is -0.495 e. The van der Waals surface area contributed by atoms with Crippen molar-refractivity contribution < 1.29 is 9.53 Å². The fourth-order valence-electron chi connectivity index (χ4n) is 3.24. The maximum absolute atomic E-state index is 12.4.